The monoisotopic (exact) mass is 664 g/mol. The lowest BCUT2D eigenvalue weighted by molar-refractivity contribution is 1.13. The van der Waals surface area contributed by atoms with E-state index >= 15 is 0 Å². The average Bonchev–Trinajstić information content (AvgIpc) is 3.20. The molecule has 0 bridgehead atoms. The van der Waals surface area contributed by atoms with Crippen LogP contribution in [0.1, 0.15) is 17.0 Å². The van der Waals surface area contributed by atoms with Crippen molar-refractivity contribution in [1.82, 2.24) is 15.0 Å². The number of hydrogen-bond donors (Lipinski definition) is 0. The normalized spacial score (nSPS) is 11.2. The van der Waals surface area contributed by atoms with Crippen LogP contribution in [0.15, 0.2) is 158 Å². The van der Waals surface area contributed by atoms with E-state index in [0.29, 0.717) is 11.4 Å². The molecule has 52 heavy (non-hydrogen) atoms. The molecule has 0 aliphatic rings. The van der Waals surface area contributed by atoms with E-state index in [1.807, 2.05) is 25.1 Å². The van der Waals surface area contributed by atoms with Gasteiger partial charge in [-0.25, -0.2) is 9.97 Å². The van der Waals surface area contributed by atoms with Crippen molar-refractivity contribution in [3.8, 4) is 62.1 Å². The predicted octanol–water partition coefficient (Wildman–Crippen LogP) is 12.2. The van der Waals surface area contributed by atoms with E-state index in [2.05, 4.69) is 158 Å². The van der Waals surface area contributed by atoms with Crippen molar-refractivity contribution < 1.29 is 0 Å². The van der Waals surface area contributed by atoms with Crippen LogP contribution in [0.4, 0.5) is 0 Å². The Hall–Kier alpha value is -6.96. The quantitative estimate of drug-likeness (QED) is 0.172. The first-order chi connectivity index (χ1) is 25.5. The molecule has 9 aromatic rings. The molecule has 244 valence electrons. The van der Waals surface area contributed by atoms with Crippen molar-refractivity contribution in [2.24, 2.45) is 0 Å². The van der Waals surface area contributed by atoms with Crippen LogP contribution in [0.25, 0.3) is 88.5 Å². The number of fused-ring (bicyclic) bond motifs is 4. The molecular formula is C48H32N4. The Morgan fingerprint density at radius 3 is 1.81 bits per heavy atom. The Morgan fingerprint density at radius 2 is 1.08 bits per heavy atom. The first kappa shape index (κ1) is 31.1. The second-order valence-electron chi connectivity index (χ2n) is 13.2. The fourth-order valence-electron chi connectivity index (χ4n) is 7.40. The second kappa shape index (κ2) is 12.7. The number of benzene rings is 7. The number of nitriles is 1. The van der Waals surface area contributed by atoms with Crippen LogP contribution in [0.5, 0.6) is 0 Å². The van der Waals surface area contributed by atoms with Gasteiger partial charge in [-0.3, -0.25) is 4.98 Å². The molecule has 0 N–H and O–H groups in total. The van der Waals surface area contributed by atoms with Crippen molar-refractivity contribution in [3.63, 3.8) is 0 Å². The van der Waals surface area contributed by atoms with Gasteiger partial charge in [-0.1, -0.05) is 127 Å². The van der Waals surface area contributed by atoms with Crippen LogP contribution >= 0.6 is 0 Å². The highest BCUT2D eigenvalue weighted by atomic mass is 14.9. The largest absolute Gasteiger partial charge is 0.258 e. The Bertz CT molecular complexity index is 2880. The summed E-state index contributed by atoms with van der Waals surface area (Å²) in [5.41, 5.74) is 13.1. The molecule has 4 nitrogen and oxygen atoms in total. The zero-order valence-electron chi connectivity index (χ0n) is 28.8. The Kier molecular flexibility index (Phi) is 7.60. The molecule has 0 amide bonds. The molecule has 0 atom stereocenters. The summed E-state index contributed by atoms with van der Waals surface area (Å²) in [7, 11) is 0. The third kappa shape index (κ3) is 5.46. The molecule has 2 heterocycles. The summed E-state index contributed by atoms with van der Waals surface area (Å²) in [6, 6.07) is 57.0. The van der Waals surface area contributed by atoms with Gasteiger partial charge in [-0.05, 0) is 88.2 Å². The summed E-state index contributed by atoms with van der Waals surface area (Å²) in [6.45, 7) is 4.07. The van der Waals surface area contributed by atoms with Gasteiger partial charge in [0.25, 0.3) is 0 Å². The fourth-order valence-corrected chi connectivity index (χ4v) is 7.40. The Balaban J connectivity index is 1.20. The first-order valence-electron chi connectivity index (χ1n) is 17.4. The minimum atomic E-state index is 0.650. The van der Waals surface area contributed by atoms with Gasteiger partial charge in [0.1, 0.15) is 0 Å². The molecule has 0 fully saturated rings. The van der Waals surface area contributed by atoms with Crippen molar-refractivity contribution >= 4 is 32.4 Å². The SMILES string of the molecule is Cc1ccc(-c2ccc(-c3nc(-c4cccc(-c5ccc(-c6cccc(C#N)c6)c6ccccc56)c4)c4ccc5ccccc5c4n3)cc2)c(C)n1. The number of aryl methyl sites for hydroxylation is 2. The third-order valence-electron chi connectivity index (χ3n) is 9.94. The van der Waals surface area contributed by atoms with Gasteiger partial charge in [-0.15, -0.1) is 0 Å². The van der Waals surface area contributed by atoms with Gasteiger partial charge < -0.3 is 0 Å². The maximum absolute atomic E-state index is 9.54. The first-order valence-corrected chi connectivity index (χ1v) is 17.4. The molecule has 0 aliphatic carbocycles. The Morgan fingerprint density at radius 1 is 0.442 bits per heavy atom. The fraction of sp³-hybridized carbons (Fsp3) is 0.0417. The van der Waals surface area contributed by atoms with Gasteiger partial charge in [-0.2, -0.15) is 5.26 Å². The van der Waals surface area contributed by atoms with Gasteiger partial charge in [0.2, 0.25) is 0 Å². The predicted molar refractivity (Wildman–Crippen MR) is 214 cm³/mol. The zero-order valence-corrected chi connectivity index (χ0v) is 28.8. The summed E-state index contributed by atoms with van der Waals surface area (Å²) in [5, 5.41) is 15.1. The van der Waals surface area contributed by atoms with E-state index in [4.69, 9.17) is 9.97 Å². The van der Waals surface area contributed by atoms with E-state index < -0.39 is 0 Å². The standard InChI is InChI=1S/C48H32N4/c1-30-17-23-39(31(2)50-30)34-18-20-35(21-19-34)48-51-46(45-24-22-33-10-3-4-14-42(33)47(45)52-48)38-13-8-12-37(28-38)41-26-25-40(43-15-5-6-16-44(41)43)36-11-7-9-32(27-36)29-49/h3-28H,1-2H3. The second-order valence-corrected chi connectivity index (χ2v) is 13.2. The molecule has 0 aliphatic heterocycles. The molecule has 0 saturated heterocycles. The Labute approximate surface area is 302 Å². The van der Waals surface area contributed by atoms with Crippen molar-refractivity contribution in [3.05, 3.63) is 175 Å². The minimum absolute atomic E-state index is 0.650. The summed E-state index contributed by atoms with van der Waals surface area (Å²) >= 11 is 0. The van der Waals surface area contributed by atoms with Gasteiger partial charge in [0.15, 0.2) is 5.82 Å². The molecule has 0 saturated carbocycles. The number of rotatable bonds is 5. The lowest BCUT2D eigenvalue weighted by Gasteiger charge is -2.15. The number of aromatic nitrogens is 3. The zero-order chi connectivity index (χ0) is 35.2. The lowest BCUT2D eigenvalue weighted by Crippen LogP contribution is -1.97. The van der Waals surface area contributed by atoms with E-state index in [9.17, 15) is 5.26 Å². The van der Waals surface area contributed by atoms with Crippen molar-refractivity contribution in [2.45, 2.75) is 13.8 Å². The van der Waals surface area contributed by atoms with Gasteiger partial charge >= 0.3 is 0 Å². The highest BCUT2D eigenvalue weighted by Gasteiger charge is 2.16. The lowest BCUT2D eigenvalue weighted by atomic mass is 9.90. The van der Waals surface area contributed by atoms with Crippen LogP contribution in [0, 0.1) is 25.2 Å². The van der Waals surface area contributed by atoms with Crippen LogP contribution in [-0.2, 0) is 0 Å². The van der Waals surface area contributed by atoms with Crippen molar-refractivity contribution in [1.29, 1.82) is 5.26 Å². The molecular weight excluding hydrogens is 633 g/mol. The van der Waals surface area contributed by atoms with Crippen LogP contribution in [-0.4, -0.2) is 15.0 Å². The highest BCUT2D eigenvalue weighted by Crippen LogP contribution is 2.39. The number of hydrogen-bond acceptors (Lipinski definition) is 4. The van der Waals surface area contributed by atoms with E-state index in [-0.39, 0.29) is 0 Å². The number of nitrogens with zero attached hydrogens (tertiary/aromatic N) is 4. The topological polar surface area (TPSA) is 62.5 Å². The molecule has 2 aromatic heterocycles. The molecule has 0 unspecified atom stereocenters. The van der Waals surface area contributed by atoms with Crippen LogP contribution in [0.3, 0.4) is 0 Å². The number of pyridine rings is 1. The maximum atomic E-state index is 9.54. The van der Waals surface area contributed by atoms with Gasteiger partial charge in [0, 0.05) is 38.9 Å². The molecule has 7 aromatic carbocycles. The highest BCUT2D eigenvalue weighted by molar-refractivity contribution is 6.10. The van der Waals surface area contributed by atoms with Crippen LogP contribution in [0.2, 0.25) is 0 Å². The van der Waals surface area contributed by atoms with E-state index in [1.165, 1.54) is 0 Å². The van der Waals surface area contributed by atoms with E-state index in [0.717, 1.165) is 94.0 Å². The summed E-state index contributed by atoms with van der Waals surface area (Å²) in [4.78, 5) is 15.2. The third-order valence-corrected chi connectivity index (χ3v) is 9.94. The molecule has 9 rings (SSSR count). The smallest absolute Gasteiger partial charge is 0.160 e. The summed E-state index contributed by atoms with van der Waals surface area (Å²) in [6.07, 6.45) is 0. The summed E-state index contributed by atoms with van der Waals surface area (Å²) < 4.78 is 0. The minimum Gasteiger partial charge on any atom is -0.258 e. The molecule has 0 spiro atoms. The molecule has 4 heteroatoms. The van der Waals surface area contributed by atoms with Gasteiger partial charge in [0.05, 0.1) is 22.8 Å². The van der Waals surface area contributed by atoms with E-state index in [1.54, 1.807) is 0 Å². The molecule has 0 radical (unpaired) electrons. The van der Waals surface area contributed by atoms with Crippen LogP contribution < -0.4 is 0 Å². The van der Waals surface area contributed by atoms with Crippen molar-refractivity contribution in [2.75, 3.05) is 0 Å². The average molecular weight is 665 g/mol. The maximum Gasteiger partial charge on any atom is 0.160 e. The summed E-state index contributed by atoms with van der Waals surface area (Å²) in [5.74, 6) is 0.684.